The Morgan fingerprint density at radius 2 is 2.10 bits per heavy atom. The van der Waals surface area contributed by atoms with Crippen molar-refractivity contribution in [3.05, 3.63) is 52.8 Å². The molecule has 21 heavy (non-hydrogen) atoms. The molecule has 1 amide bonds. The van der Waals surface area contributed by atoms with Crippen molar-refractivity contribution in [2.75, 3.05) is 16.8 Å². The first kappa shape index (κ1) is 15.7. The van der Waals surface area contributed by atoms with Crippen molar-refractivity contribution in [3.63, 3.8) is 0 Å². The van der Waals surface area contributed by atoms with E-state index in [-0.39, 0.29) is 16.7 Å². The van der Waals surface area contributed by atoms with E-state index in [1.54, 1.807) is 0 Å². The fourth-order valence-corrected chi connectivity index (χ4v) is 2.64. The van der Waals surface area contributed by atoms with Crippen molar-refractivity contribution >= 4 is 40.6 Å². The van der Waals surface area contributed by atoms with Crippen LogP contribution in [0.5, 0.6) is 0 Å². The lowest BCUT2D eigenvalue weighted by molar-refractivity contribution is -0.113. The minimum atomic E-state index is -0.517. The van der Waals surface area contributed by atoms with E-state index in [0.29, 0.717) is 11.4 Å². The number of hydrogen-bond acceptors (Lipinski definition) is 3. The summed E-state index contributed by atoms with van der Waals surface area (Å²) in [5, 5.41) is 2.63. The van der Waals surface area contributed by atoms with E-state index in [0.717, 1.165) is 10.5 Å². The quantitative estimate of drug-likeness (QED) is 0.657. The van der Waals surface area contributed by atoms with Gasteiger partial charge in [0.05, 0.1) is 10.8 Å². The van der Waals surface area contributed by atoms with Crippen LogP contribution in [0.3, 0.4) is 0 Å². The molecule has 0 bridgehead atoms. The number of benzene rings is 2. The molecule has 0 spiro atoms. The standard InChI is InChI=1S/C15H14ClFN2OS/c1-9-2-5-14(13(18)6-9)21-8-15(20)19-10-3-4-12(17)11(16)7-10/h2-7H,8,18H2,1H3,(H,19,20). The summed E-state index contributed by atoms with van der Waals surface area (Å²) >= 11 is 7.00. The smallest absolute Gasteiger partial charge is 0.234 e. The molecule has 2 rings (SSSR count). The highest BCUT2D eigenvalue weighted by atomic mass is 35.5. The van der Waals surface area contributed by atoms with Crippen molar-refractivity contribution in [2.45, 2.75) is 11.8 Å². The average Bonchev–Trinajstić information content (AvgIpc) is 2.42. The predicted molar refractivity (Wildman–Crippen MR) is 86.4 cm³/mol. The first-order valence-electron chi connectivity index (χ1n) is 6.19. The van der Waals surface area contributed by atoms with Crippen LogP contribution in [0, 0.1) is 12.7 Å². The lowest BCUT2D eigenvalue weighted by Gasteiger charge is -2.08. The largest absolute Gasteiger partial charge is 0.398 e. The molecule has 0 saturated heterocycles. The van der Waals surface area contributed by atoms with Gasteiger partial charge in [-0.1, -0.05) is 17.7 Å². The topological polar surface area (TPSA) is 55.1 Å². The second kappa shape index (κ2) is 6.83. The molecule has 6 heteroatoms. The Labute approximate surface area is 131 Å². The first-order chi connectivity index (χ1) is 9.95. The number of rotatable bonds is 4. The van der Waals surface area contributed by atoms with E-state index in [1.165, 1.54) is 30.0 Å². The number of nitrogens with two attached hydrogens (primary N) is 1. The number of anilines is 2. The molecule has 3 nitrogen and oxygen atoms in total. The van der Waals surface area contributed by atoms with Crippen LogP contribution < -0.4 is 11.1 Å². The number of halogens is 2. The number of nitrogens with one attached hydrogen (secondary N) is 1. The van der Waals surface area contributed by atoms with E-state index >= 15 is 0 Å². The van der Waals surface area contributed by atoms with Gasteiger partial charge in [0.25, 0.3) is 0 Å². The minimum Gasteiger partial charge on any atom is -0.398 e. The molecule has 0 aliphatic rings. The third kappa shape index (κ3) is 4.37. The Balaban J connectivity index is 1.94. The SMILES string of the molecule is Cc1ccc(SCC(=O)Nc2ccc(F)c(Cl)c2)c(N)c1. The zero-order valence-electron chi connectivity index (χ0n) is 11.3. The van der Waals surface area contributed by atoms with Gasteiger partial charge in [0.2, 0.25) is 5.91 Å². The van der Waals surface area contributed by atoms with Crippen molar-refractivity contribution in [3.8, 4) is 0 Å². The van der Waals surface area contributed by atoms with E-state index in [1.807, 2.05) is 25.1 Å². The lowest BCUT2D eigenvalue weighted by atomic mass is 10.2. The summed E-state index contributed by atoms with van der Waals surface area (Å²) in [6.07, 6.45) is 0. The molecule has 0 aliphatic carbocycles. The highest BCUT2D eigenvalue weighted by Crippen LogP contribution is 2.26. The van der Waals surface area contributed by atoms with Crippen LogP contribution in [0.25, 0.3) is 0 Å². The van der Waals surface area contributed by atoms with Crippen LogP contribution in [0.2, 0.25) is 5.02 Å². The molecule has 2 aromatic carbocycles. The van der Waals surface area contributed by atoms with Gasteiger partial charge in [0.1, 0.15) is 5.82 Å². The summed E-state index contributed by atoms with van der Waals surface area (Å²) in [4.78, 5) is 12.7. The maximum absolute atomic E-state index is 13.0. The molecule has 0 radical (unpaired) electrons. The second-order valence-corrected chi connectivity index (χ2v) is 5.93. The molecular formula is C15H14ClFN2OS. The van der Waals surface area contributed by atoms with Crippen LogP contribution in [-0.4, -0.2) is 11.7 Å². The number of nitrogen functional groups attached to an aromatic ring is 1. The van der Waals surface area contributed by atoms with Crippen molar-refractivity contribution in [1.82, 2.24) is 0 Å². The Bertz CT molecular complexity index is 679. The van der Waals surface area contributed by atoms with Crippen molar-refractivity contribution < 1.29 is 9.18 Å². The third-order valence-electron chi connectivity index (χ3n) is 2.73. The molecule has 0 heterocycles. The molecular weight excluding hydrogens is 311 g/mol. The molecule has 0 saturated carbocycles. The van der Waals surface area contributed by atoms with Gasteiger partial charge in [-0.2, -0.15) is 0 Å². The molecule has 0 aromatic heterocycles. The second-order valence-electron chi connectivity index (χ2n) is 4.51. The number of hydrogen-bond donors (Lipinski definition) is 2. The fraction of sp³-hybridized carbons (Fsp3) is 0.133. The monoisotopic (exact) mass is 324 g/mol. The Hall–Kier alpha value is -1.72. The number of thioether (sulfide) groups is 1. The summed E-state index contributed by atoms with van der Waals surface area (Å²) in [5.41, 5.74) is 8.07. The van der Waals surface area contributed by atoms with E-state index in [4.69, 9.17) is 17.3 Å². The minimum absolute atomic E-state index is 0.0248. The lowest BCUT2D eigenvalue weighted by Crippen LogP contribution is -2.14. The molecule has 2 aromatic rings. The Morgan fingerprint density at radius 3 is 2.76 bits per heavy atom. The maximum atomic E-state index is 13.0. The molecule has 110 valence electrons. The number of aryl methyl sites for hydroxylation is 1. The van der Waals surface area contributed by atoms with Crippen LogP contribution in [-0.2, 0) is 4.79 Å². The first-order valence-corrected chi connectivity index (χ1v) is 7.56. The highest BCUT2D eigenvalue weighted by molar-refractivity contribution is 8.00. The highest BCUT2D eigenvalue weighted by Gasteiger charge is 2.07. The van der Waals surface area contributed by atoms with E-state index in [2.05, 4.69) is 5.32 Å². The zero-order chi connectivity index (χ0) is 15.4. The normalized spacial score (nSPS) is 10.4. The van der Waals surface area contributed by atoms with Gasteiger partial charge in [-0.3, -0.25) is 4.79 Å². The number of amides is 1. The van der Waals surface area contributed by atoms with Gasteiger partial charge in [-0.05, 0) is 42.8 Å². The molecule has 0 atom stereocenters. The molecule has 0 unspecified atom stereocenters. The maximum Gasteiger partial charge on any atom is 0.234 e. The van der Waals surface area contributed by atoms with E-state index < -0.39 is 5.82 Å². The van der Waals surface area contributed by atoms with Crippen LogP contribution >= 0.6 is 23.4 Å². The Morgan fingerprint density at radius 1 is 1.33 bits per heavy atom. The third-order valence-corrected chi connectivity index (χ3v) is 4.11. The van der Waals surface area contributed by atoms with Gasteiger partial charge in [0, 0.05) is 16.3 Å². The molecule has 0 aliphatic heterocycles. The molecule has 0 fully saturated rings. The van der Waals surface area contributed by atoms with Gasteiger partial charge < -0.3 is 11.1 Å². The summed E-state index contributed by atoms with van der Waals surface area (Å²) in [5.74, 6) is -0.512. The van der Waals surface area contributed by atoms with Gasteiger partial charge in [-0.25, -0.2) is 4.39 Å². The van der Waals surface area contributed by atoms with E-state index in [9.17, 15) is 9.18 Å². The fourth-order valence-electron chi connectivity index (χ4n) is 1.71. The van der Waals surface area contributed by atoms with Gasteiger partial charge >= 0.3 is 0 Å². The van der Waals surface area contributed by atoms with Crippen LogP contribution in [0.4, 0.5) is 15.8 Å². The summed E-state index contributed by atoms with van der Waals surface area (Å²) in [7, 11) is 0. The summed E-state index contributed by atoms with van der Waals surface area (Å²) in [6, 6.07) is 9.74. The van der Waals surface area contributed by atoms with Gasteiger partial charge in [0.15, 0.2) is 0 Å². The Kier molecular flexibility index (Phi) is 5.09. The number of carbonyl (C=O) groups is 1. The van der Waals surface area contributed by atoms with Crippen LogP contribution in [0.15, 0.2) is 41.3 Å². The zero-order valence-corrected chi connectivity index (χ0v) is 12.9. The summed E-state index contributed by atoms with van der Waals surface area (Å²) < 4.78 is 13.0. The predicted octanol–water partition coefficient (Wildman–Crippen LogP) is 4.10. The number of carbonyl (C=O) groups excluding carboxylic acids is 1. The van der Waals surface area contributed by atoms with Gasteiger partial charge in [-0.15, -0.1) is 11.8 Å². The molecule has 3 N–H and O–H groups in total. The summed E-state index contributed by atoms with van der Waals surface area (Å²) in [6.45, 7) is 1.95. The average molecular weight is 325 g/mol. The van der Waals surface area contributed by atoms with Crippen molar-refractivity contribution in [1.29, 1.82) is 0 Å². The van der Waals surface area contributed by atoms with Crippen molar-refractivity contribution in [2.24, 2.45) is 0 Å². The van der Waals surface area contributed by atoms with Crippen LogP contribution in [0.1, 0.15) is 5.56 Å².